The predicted octanol–water partition coefficient (Wildman–Crippen LogP) is 2.24. The summed E-state index contributed by atoms with van der Waals surface area (Å²) in [7, 11) is -2.01. The third-order valence-corrected chi connectivity index (χ3v) is 6.83. The maximum Gasteiger partial charge on any atom is 0.243 e. The Kier molecular flexibility index (Phi) is 7.43. The molecule has 1 heterocycles. The molecule has 0 bridgehead atoms. The fourth-order valence-corrected chi connectivity index (χ4v) is 3.86. The molecule has 1 unspecified atom stereocenters. The van der Waals surface area contributed by atoms with Crippen molar-refractivity contribution in [1.82, 2.24) is 9.62 Å². The molecular weight excluding hydrogens is 362 g/mol. The van der Waals surface area contributed by atoms with Crippen molar-refractivity contribution in [3.8, 4) is 0 Å². The molecule has 0 aliphatic carbocycles. The quantitative estimate of drug-likeness (QED) is 0.782. The molecule has 25 heavy (non-hydrogen) atoms. The largest absolute Gasteiger partial charge is 0.326 e. The van der Waals surface area contributed by atoms with Crippen LogP contribution in [0.25, 0.3) is 0 Å². The van der Waals surface area contributed by atoms with Gasteiger partial charge in [-0.25, -0.2) is 8.42 Å². The molecule has 0 aromatic heterocycles. The summed E-state index contributed by atoms with van der Waals surface area (Å²) in [6.07, 6.45) is 0. The van der Waals surface area contributed by atoms with E-state index in [1.54, 1.807) is 25.2 Å². The number of halogens is 1. The van der Waals surface area contributed by atoms with Gasteiger partial charge in [0.2, 0.25) is 15.9 Å². The SMILES string of the molecule is Cc1ccc(S(=O)(=O)N(C)C(C)C)cc1NC(=O)C(C)C1CNC1.Cl. The lowest BCUT2D eigenvalue weighted by molar-refractivity contribution is -0.121. The zero-order chi connectivity index (χ0) is 18.1. The maximum atomic E-state index is 12.6. The Morgan fingerprint density at radius 1 is 1.28 bits per heavy atom. The molecule has 0 radical (unpaired) electrons. The van der Waals surface area contributed by atoms with Crippen molar-refractivity contribution >= 4 is 34.0 Å². The van der Waals surface area contributed by atoms with Crippen LogP contribution in [0.1, 0.15) is 26.3 Å². The van der Waals surface area contributed by atoms with Gasteiger partial charge in [-0.2, -0.15) is 4.31 Å². The van der Waals surface area contributed by atoms with Crippen molar-refractivity contribution in [3.63, 3.8) is 0 Å². The van der Waals surface area contributed by atoms with E-state index in [2.05, 4.69) is 10.6 Å². The summed E-state index contributed by atoms with van der Waals surface area (Å²) in [5.41, 5.74) is 1.39. The number of sulfonamides is 1. The van der Waals surface area contributed by atoms with Gasteiger partial charge in [0, 0.05) is 24.7 Å². The summed E-state index contributed by atoms with van der Waals surface area (Å²) in [5.74, 6) is 0.157. The molecule has 1 saturated heterocycles. The zero-order valence-corrected chi connectivity index (χ0v) is 17.0. The number of carbonyl (C=O) groups excluding carboxylic acids is 1. The average Bonchev–Trinajstić information content (AvgIpc) is 2.46. The van der Waals surface area contributed by atoms with Crippen LogP contribution in [0.5, 0.6) is 0 Å². The van der Waals surface area contributed by atoms with Gasteiger partial charge in [-0.05, 0) is 57.5 Å². The summed E-state index contributed by atoms with van der Waals surface area (Å²) < 4.78 is 26.6. The Labute approximate surface area is 156 Å². The van der Waals surface area contributed by atoms with E-state index in [1.807, 2.05) is 27.7 Å². The molecule has 2 rings (SSSR count). The first kappa shape index (κ1) is 21.9. The number of hydrogen-bond acceptors (Lipinski definition) is 4. The first-order valence-electron chi connectivity index (χ1n) is 8.25. The monoisotopic (exact) mass is 389 g/mol. The third-order valence-electron chi connectivity index (χ3n) is 4.80. The van der Waals surface area contributed by atoms with Gasteiger partial charge in [0.1, 0.15) is 0 Å². The number of nitrogens with zero attached hydrogens (tertiary/aromatic N) is 1. The summed E-state index contributed by atoms with van der Waals surface area (Å²) in [5, 5.41) is 6.05. The summed E-state index contributed by atoms with van der Waals surface area (Å²) in [6, 6.07) is 4.72. The molecule has 1 aliphatic heterocycles. The molecular formula is C17H28ClN3O3S. The maximum absolute atomic E-state index is 12.6. The summed E-state index contributed by atoms with van der Waals surface area (Å²) in [4.78, 5) is 12.6. The number of benzene rings is 1. The number of nitrogens with one attached hydrogen (secondary N) is 2. The van der Waals surface area contributed by atoms with Gasteiger partial charge >= 0.3 is 0 Å². The van der Waals surface area contributed by atoms with E-state index >= 15 is 0 Å². The van der Waals surface area contributed by atoms with Gasteiger partial charge in [0.25, 0.3) is 0 Å². The van der Waals surface area contributed by atoms with Crippen molar-refractivity contribution in [2.45, 2.75) is 38.6 Å². The van der Waals surface area contributed by atoms with Crippen molar-refractivity contribution in [2.75, 3.05) is 25.5 Å². The van der Waals surface area contributed by atoms with Gasteiger partial charge in [-0.1, -0.05) is 13.0 Å². The average molecular weight is 390 g/mol. The number of carbonyl (C=O) groups is 1. The fraction of sp³-hybridized carbons (Fsp3) is 0.588. The van der Waals surface area contributed by atoms with Crippen molar-refractivity contribution in [1.29, 1.82) is 0 Å². The second-order valence-electron chi connectivity index (χ2n) is 6.79. The van der Waals surface area contributed by atoms with E-state index < -0.39 is 10.0 Å². The van der Waals surface area contributed by atoms with E-state index in [9.17, 15) is 13.2 Å². The molecule has 0 saturated carbocycles. The standard InChI is InChI=1S/C17H27N3O3S.ClH/c1-11(2)20(5)24(22,23)15-7-6-12(3)16(8-15)19-17(21)13(4)14-9-18-10-14;/h6-8,11,13-14,18H,9-10H2,1-5H3,(H,19,21);1H. The number of anilines is 1. The van der Waals surface area contributed by atoms with Crippen LogP contribution in [0, 0.1) is 18.8 Å². The second kappa shape index (κ2) is 8.49. The first-order valence-corrected chi connectivity index (χ1v) is 9.69. The van der Waals surface area contributed by atoms with Crippen LogP contribution in [-0.4, -0.2) is 44.8 Å². The Morgan fingerprint density at radius 3 is 2.36 bits per heavy atom. The highest BCUT2D eigenvalue weighted by molar-refractivity contribution is 7.89. The van der Waals surface area contributed by atoms with Gasteiger partial charge in [-0.3, -0.25) is 4.79 Å². The Hall–Kier alpha value is -1.15. The minimum absolute atomic E-state index is 0. The topological polar surface area (TPSA) is 78.5 Å². The lowest BCUT2D eigenvalue weighted by Gasteiger charge is -2.31. The smallest absolute Gasteiger partial charge is 0.243 e. The second-order valence-corrected chi connectivity index (χ2v) is 8.79. The molecule has 8 heteroatoms. The van der Waals surface area contributed by atoms with Crippen molar-refractivity contribution in [3.05, 3.63) is 23.8 Å². The Bertz CT molecular complexity index is 718. The molecule has 2 N–H and O–H groups in total. The first-order chi connectivity index (χ1) is 11.1. The van der Waals surface area contributed by atoms with E-state index in [0.717, 1.165) is 18.7 Å². The normalized spacial score (nSPS) is 16.3. The Morgan fingerprint density at radius 2 is 1.88 bits per heavy atom. The van der Waals surface area contributed by atoms with Crippen LogP contribution in [0.15, 0.2) is 23.1 Å². The molecule has 1 aliphatic rings. The van der Waals surface area contributed by atoms with E-state index in [4.69, 9.17) is 0 Å². The molecule has 1 fully saturated rings. The van der Waals surface area contributed by atoms with Crippen LogP contribution >= 0.6 is 12.4 Å². The lowest BCUT2D eigenvalue weighted by Crippen LogP contribution is -2.48. The summed E-state index contributed by atoms with van der Waals surface area (Å²) in [6.45, 7) is 9.10. The third kappa shape index (κ3) is 4.73. The number of aryl methyl sites for hydroxylation is 1. The molecule has 1 aromatic rings. The summed E-state index contributed by atoms with van der Waals surface area (Å²) >= 11 is 0. The van der Waals surface area contributed by atoms with Gasteiger partial charge in [0.15, 0.2) is 0 Å². The van der Waals surface area contributed by atoms with Gasteiger partial charge < -0.3 is 10.6 Å². The zero-order valence-electron chi connectivity index (χ0n) is 15.4. The fourth-order valence-electron chi connectivity index (χ4n) is 2.47. The van der Waals surface area contributed by atoms with Gasteiger partial charge in [-0.15, -0.1) is 12.4 Å². The highest BCUT2D eigenvalue weighted by atomic mass is 35.5. The van der Waals surface area contributed by atoms with Crippen molar-refractivity contribution < 1.29 is 13.2 Å². The number of hydrogen-bond donors (Lipinski definition) is 2. The van der Waals surface area contributed by atoms with E-state index in [1.165, 1.54) is 4.31 Å². The highest BCUT2D eigenvalue weighted by Gasteiger charge is 2.29. The van der Waals surface area contributed by atoms with Gasteiger partial charge in [0.05, 0.1) is 4.90 Å². The lowest BCUT2D eigenvalue weighted by atomic mass is 9.88. The minimum atomic E-state index is -3.57. The van der Waals surface area contributed by atoms with Crippen LogP contribution in [0.3, 0.4) is 0 Å². The molecule has 0 spiro atoms. The van der Waals surface area contributed by atoms with E-state index in [-0.39, 0.29) is 35.2 Å². The molecule has 1 atom stereocenters. The molecule has 142 valence electrons. The molecule has 1 amide bonds. The Balaban J connectivity index is 0.00000312. The highest BCUT2D eigenvalue weighted by Crippen LogP contribution is 2.25. The van der Waals surface area contributed by atoms with Crippen LogP contribution in [0.4, 0.5) is 5.69 Å². The number of rotatable bonds is 6. The minimum Gasteiger partial charge on any atom is -0.326 e. The molecule has 6 nitrogen and oxygen atoms in total. The van der Waals surface area contributed by atoms with Crippen LogP contribution in [0.2, 0.25) is 0 Å². The predicted molar refractivity (Wildman–Crippen MR) is 103 cm³/mol. The number of amides is 1. The van der Waals surface area contributed by atoms with Crippen LogP contribution in [-0.2, 0) is 14.8 Å². The van der Waals surface area contributed by atoms with Crippen LogP contribution < -0.4 is 10.6 Å². The van der Waals surface area contributed by atoms with E-state index in [0.29, 0.717) is 11.6 Å². The molecule has 1 aromatic carbocycles. The van der Waals surface area contributed by atoms with Crippen molar-refractivity contribution in [2.24, 2.45) is 11.8 Å².